The third kappa shape index (κ3) is 2.15. The maximum atomic E-state index is 10.2. The Hall–Kier alpha value is -1.01. The van der Waals surface area contributed by atoms with E-state index in [1.165, 1.54) is 6.92 Å². The standard InChI is InChI=1S/C6H9NO2/c1-3-4-6(2,7)5(8)9/h1H,4,7H2,2H3,(H,8,9). The van der Waals surface area contributed by atoms with Crippen molar-refractivity contribution in [3.05, 3.63) is 0 Å². The van der Waals surface area contributed by atoms with Gasteiger partial charge in [-0.1, -0.05) is 0 Å². The van der Waals surface area contributed by atoms with Crippen LogP contribution in [0.15, 0.2) is 0 Å². The van der Waals surface area contributed by atoms with E-state index in [9.17, 15) is 4.79 Å². The summed E-state index contributed by atoms with van der Waals surface area (Å²) in [5.74, 6) is 1.11. The van der Waals surface area contributed by atoms with Crippen molar-refractivity contribution in [1.29, 1.82) is 0 Å². The van der Waals surface area contributed by atoms with Gasteiger partial charge < -0.3 is 10.8 Å². The number of terminal acetylenes is 1. The van der Waals surface area contributed by atoms with Crippen LogP contribution in [0.3, 0.4) is 0 Å². The second-order valence-electron chi connectivity index (χ2n) is 2.10. The first-order chi connectivity index (χ1) is 4.00. The van der Waals surface area contributed by atoms with Crippen LogP contribution in [0.4, 0.5) is 0 Å². The lowest BCUT2D eigenvalue weighted by atomic mass is 10.0. The first-order valence-electron chi connectivity index (χ1n) is 2.46. The maximum absolute atomic E-state index is 10.2. The molecule has 0 aliphatic carbocycles. The molecule has 9 heavy (non-hydrogen) atoms. The zero-order chi connectivity index (χ0) is 7.49. The fraction of sp³-hybridized carbons (Fsp3) is 0.500. The molecule has 0 bridgehead atoms. The summed E-state index contributed by atoms with van der Waals surface area (Å²) >= 11 is 0. The molecule has 1 unspecified atom stereocenters. The van der Waals surface area contributed by atoms with Crippen LogP contribution in [-0.2, 0) is 4.79 Å². The molecule has 0 rings (SSSR count). The third-order valence-corrected chi connectivity index (χ3v) is 0.958. The number of carboxylic acids is 1. The second kappa shape index (κ2) is 2.51. The minimum absolute atomic E-state index is 0.0579. The Labute approximate surface area is 53.9 Å². The fourth-order valence-corrected chi connectivity index (χ4v) is 0.288. The molecule has 0 heterocycles. The monoisotopic (exact) mass is 127 g/mol. The van der Waals surface area contributed by atoms with E-state index in [-0.39, 0.29) is 6.42 Å². The molecule has 50 valence electrons. The van der Waals surface area contributed by atoms with Gasteiger partial charge in [0.1, 0.15) is 5.54 Å². The Morgan fingerprint density at radius 1 is 2.00 bits per heavy atom. The van der Waals surface area contributed by atoms with E-state index in [0.29, 0.717) is 0 Å². The Morgan fingerprint density at radius 3 is 2.56 bits per heavy atom. The number of carbonyl (C=O) groups is 1. The Kier molecular flexibility index (Phi) is 2.23. The van der Waals surface area contributed by atoms with Crippen LogP contribution >= 0.6 is 0 Å². The molecular weight excluding hydrogens is 118 g/mol. The van der Waals surface area contributed by atoms with E-state index < -0.39 is 11.5 Å². The van der Waals surface area contributed by atoms with E-state index in [1.807, 2.05) is 0 Å². The number of hydrogen-bond acceptors (Lipinski definition) is 2. The molecule has 0 radical (unpaired) electrons. The quantitative estimate of drug-likeness (QED) is 0.505. The van der Waals surface area contributed by atoms with E-state index in [4.69, 9.17) is 17.3 Å². The third-order valence-electron chi connectivity index (χ3n) is 0.958. The van der Waals surface area contributed by atoms with Crippen LogP contribution < -0.4 is 5.73 Å². The smallest absolute Gasteiger partial charge is 0.324 e. The van der Waals surface area contributed by atoms with E-state index >= 15 is 0 Å². The van der Waals surface area contributed by atoms with Crippen molar-refractivity contribution < 1.29 is 9.90 Å². The molecule has 0 aromatic rings. The van der Waals surface area contributed by atoms with Gasteiger partial charge in [-0.15, -0.1) is 12.3 Å². The van der Waals surface area contributed by atoms with Gasteiger partial charge in [-0.2, -0.15) is 0 Å². The predicted octanol–water partition coefficient (Wildman–Crippen LogP) is -0.188. The van der Waals surface area contributed by atoms with Crippen molar-refractivity contribution in [2.75, 3.05) is 0 Å². The molecule has 3 heteroatoms. The molecule has 0 fully saturated rings. The summed E-state index contributed by atoms with van der Waals surface area (Å²) in [4.78, 5) is 10.2. The van der Waals surface area contributed by atoms with Crippen molar-refractivity contribution in [2.45, 2.75) is 18.9 Å². The van der Waals surface area contributed by atoms with Crippen molar-refractivity contribution in [1.82, 2.24) is 0 Å². The first-order valence-corrected chi connectivity index (χ1v) is 2.46. The molecule has 0 aliphatic heterocycles. The average molecular weight is 127 g/mol. The predicted molar refractivity (Wildman–Crippen MR) is 33.7 cm³/mol. The first kappa shape index (κ1) is 7.99. The van der Waals surface area contributed by atoms with Gasteiger partial charge in [-0.3, -0.25) is 4.79 Å². The largest absolute Gasteiger partial charge is 0.480 e. The highest BCUT2D eigenvalue weighted by atomic mass is 16.4. The van der Waals surface area contributed by atoms with Crippen molar-refractivity contribution >= 4 is 5.97 Å². The zero-order valence-electron chi connectivity index (χ0n) is 5.22. The number of carboxylic acid groups (broad SMARTS) is 1. The number of aliphatic carboxylic acids is 1. The van der Waals surface area contributed by atoms with Crippen molar-refractivity contribution in [3.63, 3.8) is 0 Å². The highest BCUT2D eigenvalue weighted by Crippen LogP contribution is 2.02. The summed E-state index contributed by atoms with van der Waals surface area (Å²) in [6, 6.07) is 0. The molecule has 0 aromatic heterocycles. The molecule has 3 nitrogen and oxygen atoms in total. The Balaban J connectivity index is 4.06. The van der Waals surface area contributed by atoms with E-state index in [2.05, 4.69) is 5.92 Å². The van der Waals surface area contributed by atoms with E-state index in [0.717, 1.165) is 0 Å². The Morgan fingerprint density at radius 2 is 2.44 bits per heavy atom. The summed E-state index contributed by atoms with van der Waals surface area (Å²) in [6.07, 6.45) is 4.92. The van der Waals surface area contributed by atoms with Gasteiger partial charge in [0.2, 0.25) is 0 Å². The van der Waals surface area contributed by atoms with Gasteiger partial charge in [0, 0.05) is 6.42 Å². The number of nitrogens with two attached hydrogens (primary N) is 1. The van der Waals surface area contributed by atoms with Crippen molar-refractivity contribution in [2.24, 2.45) is 5.73 Å². The van der Waals surface area contributed by atoms with Crippen LogP contribution in [0.25, 0.3) is 0 Å². The summed E-state index contributed by atoms with van der Waals surface area (Å²) in [5, 5.41) is 8.35. The molecule has 0 saturated heterocycles. The van der Waals surface area contributed by atoms with Crippen LogP contribution in [0.1, 0.15) is 13.3 Å². The maximum Gasteiger partial charge on any atom is 0.324 e. The average Bonchev–Trinajstić information content (AvgIpc) is 1.65. The Bertz CT molecular complexity index is 155. The van der Waals surface area contributed by atoms with Gasteiger partial charge in [0.25, 0.3) is 0 Å². The van der Waals surface area contributed by atoms with Crippen molar-refractivity contribution in [3.8, 4) is 12.3 Å². The molecule has 1 atom stereocenters. The molecule has 3 N–H and O–H groups in total. The zero-order valence-corrected chi connectivity index (χ0v) is 5.22. The highest BCUT2D eigenvalue weighted by Gasteiger charge is 2.25. The van der Waals surface area contributed by atoms with Gasteiger partial charge in [-0.25, -0.2) is 0 Å². The lowest BCUT2D eigenvalue weighted by molar-refractivity contribution is -0.142. The molecule has 0 spiro atoms. The normalized spacial score (nSPS) is 15.7. The van der Waals surface area contributed by atoms with E-state index in [1.54, 1.807) is 0 Å². The van der Waals surface area contributed by atoms with Gasteiger partial charge in [0.15, 0.2) is 0 Å². The summed E-state index contributed by atoms with van der Waals surface area (Å²) in [6.45, 7) is 1.38. The molecular formula is C6H9NO2. The molecule has 0 amide bonds. The van der Waals surface area contributed by atoms with Crippen LogP contribution in [-0.4, -0.2) is 16.6 Å². The second-order valence-corrected chi connectivity index (χ2v) is 2.10. The highest BCUT2D eigenvalue weighted by molar-refractivity contribution is 5.78. The van der Waals surface area contributed by atoms with Crippen LogP contribution in [0.5, 0.6) is 0 Å². The minimum Gasteiger partial charge on any atom is -0.480 e. The fourth-order valence-electron chi connectivity index (χ4n) is 0.288. The number of hydrogen-bond donors (Lipinski definition) is 2. The van der Waals surface area contributed by atoms with Gasteiger partial charge in [-0.05, 0) is 6.92 Å². The molecule has 0 saturated carbocycles. The molecule has 0 aromatic carbocycles. The van der Waals surface area contributed by atoms with Gasteiger partial charge in [0.05, 0.1) is 0 Å². The summed E-state index contributed by atoms with van der Waals surface area (Å²) in [7, 11) is 0. The lowest BCUT2D eigenvalue weighted by Crippen LogP contribution is -2.44. The topological polar surface area (TPSA) is 63.3 Å². The van der Waals surface area contributed by atoms with Gasteiger partial charge >= 0.3 is 5.97 Å². The SMILES string of the molecule is C#CCC(C)(N)C(=O)O. The number of rotatable bonds is 2. The van der Waals surface area contributed by atoms with Crippen LogP contribution in [0.2, 0.25) is 0 Å². The summed E-state index contributed by atoms with van der Waals surface area (Å²) in [5.41, 5.74) is 3.96. The lowest BCUT2D eigenvalue weighted by Gasteiger charge is -2.14. The summed E-state index contributed by atoms with van der Waals surface area (Å²) < 4.78 is 0. The molecule has 0 aliphatic rings. The minimum atomic E-state index is -1.27. The van der Waals surface area contributed by atoms with Crippen LogP contribution in [0, 0.1) is 12.3 Å².